The number of benzene rings is 1. The Kier molecular flexibility index (Phi) is 7.88. The van der Waals surface area contributed by atoms with E-state index in [1.54, 1.807) is 20.8 Å². The molecule has 0 saturated carbocycles. The topological polar surface area (TPSA) is 63.6 Å². The first-order valence-corrected chi connectivity index (χ1v) is 8.77. The minimum atomic E-state index is -0.947. The van der Waals surface area contributed by atoms with E-state index in [2.05, 4.69) is 0 Å². The van der Waals surface area contributed by atoms with Crippen LogP contribution in [0.15, 0.2) is 36.4 Å². The fourth-order valence-electron chi connectivity index (χ4n) is 2.66. The highest BCUT2D eigenvalue weighted by molar-refractivity contribution is 5.81. The van der Waals surface area contributed by atoms with E-state index in [-0.39, 0.29) is 5.92 Å². The molecule has 0 aliphatic carbocycles. The van der Waals surface area contributed by atoms with Crippen molar-refractivity contribution in [2.24, 2.45) is 17.8 Å². The maximum absolute atomic E-state index is 12.6. The number of carboxylic acid groups (broad SMARTS) is 1. The number of carbonyl (C=O) groups excluding carboxylic acids is 1. The van der Waals surface area contributed by atoms with Crippen LogP contribution in [0.3, 0.4) is 0 Å². The third-order valence-electron chi connectivity index (χ3n) is 3.74. The summed E-state index contributed by atoms with van der Waals surface area (Å²) in [6.45, 7) is 9.30. The first kappa shape index (κ1) is 20.9. The van der Waals surface area contributed by atoms with Gasteiger partial charge >= 0.3 is 11.9 Å². The van der Waals surface area contributed by atoms with Crippen LogP contribution in [0, 0.1) is 17.8 Å². The van der Waals surface area contributed by atoms with Gasteiger partial charge in [-0.05, 0) is 45.1 Å². The molecule has 0 spiro atoms. The van der Waals surface area contributed by atoms with Crippen molar-refractivity contribution in [3.8, 4) is 0 Å². The summed E-state index contributed by atoms with van der Waals surface area (Å²) in [5.41, 5.74) is 0.375. The molecule has 0 aliphatic heterocycles. The third kappa shape index (κ3) is 8.01. The van der Waals surface area contributed by atoms with E-state index in [9.17, 15) is 14.7 Å². The summed E-state index contributed by atoms with van der Waals surface area (Å²) in [5, 5.41) is 9.62. The predicted molar refractivity (Wildman–Crippen MR) is 100 cm³/mol. The smallest absolute Gasteiger partial charge is 0.310 e. The molecule has 25 heavy (non-hydrogen) atoms. The van der Waals surface area contributed by atoms with E-state index >= 15 is 0 Å². The lowest BCUT2D eigenvalue weighted by molar-refractivity contribution is -0.167. The molecular weight excluding hydrogens is 316 g/mol. The fraction of sp³-hybridized carbons (Fsp3) is 0.524. The number of hydrogen-bond acceptors (Lipinski definition) is 3. The summed E-state index contributed by atoms with van der Waals surface area (Å²) < 4.78 is 5.48. The van der Waals surface area contributed by atoms with Crippen LogP contribution in [0.1, 0.15) is 53.0 Å². The van der Waals surface area contributed by atoms with Gasteiger partial charge in [-0.1, -0.05) is 56.3 Å². The Morgan fingerprint density at radius 1 is 1.12 bits per heavy atom. The van der Waals surface area contributed by atoms with Gasteiger partial charge in [-0.3, -0.25) is 9.59 Å². The van der Waals surface area contributed by atoms with E-state index < -0.39 is 29.4 Å². The molecule has 0 fully saturated rings. The number of rotatable bonds is 8. The molecule has 1 aromatic rings. The Morgan fingerprint density at radius 2 is 1.72 bits per heavy atom. The molecule has 4 heteroatoms. The standard InChI is InChI=1S/C21H30O4/c1-15(2)14-18(19(22)23)17(20(24)25-21(3,4)5)13-9-12-16-10-7-6-8-11-16/h6-12,15,17-18H,13-14H2,1-5H3,(H,22,23)/b12-9-/t17-,18?/m1/s1. The summed E-state index contributed by atoms with van der Waals surface area (Å²) in [6.07, 6.45) is 4.55. The van der Waals surface area contributed by atoms with E-state index in [0.29, 0.717) is 12.8 Å². The van der Waals surface area contributed by atoms with Crippen LogP contribution in [0.2, 0.25) is 0 Å². The number of esters is 1. The van der Waals surface area contributed by atoms with E-state index in [4.69, 9.17) is 4.74 Å². The molecule has 0 bridgehead atoms. The van der Waals surface area contributed by atoms with Gasteiger partial charge in [-0.2, -0.15) is 0 Å². The maximum atomic E-state index is 12.6. The maximum Gasteiger partial charge on any atom is 0.310 e. The molecule has 2 atom stereocenters. The Bertz CT molecular complexity index is 582. The molecule has 138 valence electrons. The largest absolute Gasteiger partial charge is 0.481 e. The zero-order chi connectivity index (χ0) is 19.0. The van der Waals surface area contributed by atoms with Crippen molar-refractivity contribution in [1.82, 2.24) is 0 Å². The summed E-state index contributed by atoms with van der Waals surface area (Å²) in [4.78, 5) is 24.4. The number of aliphatic carboxylic acids is 1. The average Bonchev–Trinajstić information content (AvgIpc) is 2.48. The highest BCUT2D eigenvalue weighted by atomic mass is 16.6. The van der Waals surface area contributed by atoms with Crippen LogP contribution in [0.5, 0.6) is 0 Å². The normalized spacial score (nSPS) is 14.5. The molecule has 0 heterocycles. The van der Waals surface area contributed by atoms with Gasteiger partial charge in [0.25, 0.3) is 0 Å². The van der Waals surface area contributed by atoms with Crippen molar-refractivity contribution in [2.75, 3.05) is 0 Å². The van der Waals surface area contributed by atoms with Crippen LogP contribution in [0.4, 0.5) is 0 Å². The molecule has 0 aromatic heterocycles. The number of carboxylic acids is 1. The number of ether oxygens (including phenoxy) is 1. The first-order chi connectivity index (χ1) is 11.6. The molecule has 1 rings (SSSR count). The van der Waals surface area contributed by atoms with Gasteiger partial charge in [0.05, 0.1) is 11.8 Å². The summed E-state index contributed by atoms with van der Waals surface area (Å²) in [5.74, 6) is -2.66. The van der Waals surface area contributed by atoms with Crippen molar-refractivity contribution in [2.45, 2.75) is 53.1 Å². The van der Waals surface area contributed by atoms with Gasteiger partial charge in [0, 0.05) is 0 Å². The predicted octanol–water partition coefficient (Wildman–Crippen LogP) is 4.79. The Labute approximate surface area is 150 Å². The molecule has 0 aliphatic rings. The van der Waals surface area contributed by atoms with E-state index in [1.165, 1.54) is 0 Å². The Morgan fingerprint density at radius 3 is 2.20 bits per heavy atom. The molecule has 1 unspecified atom stereocenters. The van der Waals surface area contributed by atoms with E-state index in [0.717, 1.165) is 5.56 Å². The lowest BCUT2D eigenvalue weighted by Gasteiger charge is -2.27. The quantitative estimate of drug-likeness (QED) is 0.687. The molecule has 0 saturated heterocycles. The van der Waals surface area contributed by atoms with Crippen molar-refractivity contribution in [1.29, 1.82) is 0 Å². The van der Waals surface area contributed by atoms with Gasteiger partial charge in [-0.25, -0.2) is 0 Å². The van der Waals surface area contributed by atoms with Crippen LogP contribution in [-0.2, 0) is 14.3 Å². The zero-order valence-electron chi connectivity index (χ0n) is 15.9. The second-order valence-electron chi connectivity index (χ2n) is 7.76. The van der Waals surface area contributed by atoms with Crippen LogP contribution in [0.25, 0.3) is 6.08 Å². The van der Waals surface area contributed by atoms with Crippen LogP contribution in [-0.4, -0.2) is 22.6 Å². The molecule has 4 nitrogen and oxygen atoms in total. The van der Waals surface area contributed by atoms with Gasteiger partial charge < -0.3 is 9.84 Å². The molecule has 0 amide bonds. The highest BCUT2D eigenvalue weighted by Crippen LogP contribution is 2.27. The summed E-state index contributed by atoms with van der Waals surface area (Å²) in [7, 11) is 0. The summed E-state index contributed by atoms with van der Waals surface area (Å²) >= 11 is 0. The lowest BCUT2D eigenvalue weighted by atomic mass is 9.83. The summed E-state index contributed by atoms with van der Waals surface area (Å²) in [6, 6.07) is 9.72. The lowest BCUT2D eigenvalue weighted by Crippen LogP contribution is -2.36. The van der Waals surface area contributed by atoms with E-state index in [1.807, 2.05) is 56.3 Å². The molecule has 0 radical (unpaired) electrons. The fourth-order valence-corrected chi connectivity index (χ4v) is 2.66. The highest BCUT2D eigenvalue weighted by Gasteiger charge is 2.36. The van der Waals surface area contributed by atoms with Crippen molar-refractivity contribution in [3.05, 3.63) is 42.0 Å². The van der Waals surface area contributed by atoms with Crippen LogP contribution >= 0.6 is 0 Å². The van der Waals surface area contributed by atoms with Gasteiger partial charge in [0.1, 0.15) is 5.60 Å². The first-order valence-electron chi connectivity index (χ1n) is 8.77. The van der Waals surface area contributed by atoms with Gasteiger partial charge in [-0.15, -0.1) is 0 Å². The second-order valence-corrected chi connectivity index (χ2v) is 7.76. The average molecular weight is 346 g/mol. The number of hydrogen-bond donors (Lipinski definition) is 1. The second kappa shape index (κ2) is 9.40. The van der Waals surface area contributed by atoms with Crippen molar-refractivity contribution < 1.29 is 19.4 Å². The minimum absolute atomic E-state index is 0.184. The Hall–Kier alpha value is -2.10. The molecular formula is C21H30O4. The van der Waals surface area contributed by atoms with Gasteiger partial charge in [0.15, 0.2) is 0 Å². The number of allylic oxidation sites excluding steroid dienone is 1. The SMILES string of the molecule is CC(C)CC(C(=O)O)[C@@H](C/C=C\c1ccccc1)C(=O)OC(C)(C)C. The monoisotopic (exact) mass is 346 g/mol. The van der Waals surface area contributed by atoms with Gasteiger partial charge in [0.2, 0.25) is 0 Å². The van der Waals surface area contributed by atoms with Crippen molar-refractivity contribution in [3.63, 3.8) is 0 Å². The Balaban J connectivity index is 2.98. The van der Waals surface area contributed by atoms with Crippen LogP contribution < -0.4 is 0 Å². The van der Waals surface area contributed by atoms with Crippen molar-refractivity contribution >= 4 is 18.0 Å². The molecule has 1 N–H and O–H groups in total. The zero-order valence-corrected chi connectivity index (χ0v) is 15.9. The minimum Gasteiger partial charge on any atom is -0.481 e. The third-order valence-corrected chi connectivity index (χ3v) is 3.74. The number of carbonyl (C=O) groups is 2. The molecule has 1 aromatic carbocycles.